The standard InChI is InChI=1S/C15H24BrN5/c1-5-8-17-14(15-12(16)10-18-20(15)4)13-9-11(6-2)19-21(13)7-3/h9-10,14,17H,5-8H2,1-4H3. The lowest BCUT2D eigenvalue weighted by atomic mass is 10.1. The highest BCUT2D eigenvalue weighted by molar-refractivity contribution is 9.10. The van der Waals surface area contributed by atoms with E-state index in [2.05, 4.69) is 63.0 Å². The van der Waals surface area contributed by atoms with Crippen molar-refractivity contribution in [2.24, 2.45) is 7.05 Å². The highest BCUT2D eigenvalue weighted by atomic mass is 79.9. The van der Waals surface area contributed by atoms with Gasteiger partial charge in [0, 0.05) is 13.6 Å². The first-order valence-electron chi connectivity index (χ1n) is 7.59. The third kappa shape index (κ3) is 3.37. The fourth-order valence-corrected chi connectivity index (χ4v) is 3.10. The Hall–Kier alpha value is -1.14. The van der Waals surface area contributed by atoms with Crippen LogP contribution < -0.4 is 5.32 Å². The number of hydrogen-bond acceptors (Lipinski definition) is 3. The van der Waals surface area contributed by atoms with Crippen molar-refractivity contribution < 1.29 is 0 Å². The van der Waals surface area contributed by atoms with Gasteiger partial charge in [-0.3, -0.25) is 9.36 Å². The Kier molecular flexibility index (Phi) is 5.58. The largest absolute Gasteiger partial charge is 0.304 e. The molecule has 116 valence electrons. The van der Waals surface area contributed by atoms with Crippen molar-refractivity contribution in [3.8, 4) is 0 Å². The minimum Gasteiger partial charge on any atom is -0.304 e. The first-order valence-corrected chi connectivity index (χ1v) is 8.38. The summed E-state index contributed by atoms with van der Waals surface area (Å²) in [6.45, 7) is 8.27. The van der Waals surface area contributed by atoms with Crippen LogP contribution in [0.15, 0.2) is 16.7 Å². The van der Waals surface area contributed by atoms with E-state index in [0.29, 0.717) is 0 Å². The lowest BCUT2D eigenvalue weighted by Crippen LogP contribution is -2.28. The molecule has 6 heteroatoms. The fourth-order valence-electron chi connectivity index (χ4n) is 2.52. The maximum atomic E-state index is 4.68. The molecule has 2 aromatic heterocycles. The van der Waals surface area contributed by atoms with Crippen LogP contribution in [0, 0.1) is 0 Å². The molecule has 0 aromatic carbocycles. The van der Waals surface area contributed by atoms with Gasteiger partial charge in [-0.25, -0.2) is 0 Å². The van der Waals surface area contributed by atoms with Crippen LogP contribution in [-0.2, 0) is 20.0 Å². The third-order valence-electron chi connectivity index (χ3n) is 3.63. The molecule has 2 aromatic rings. The predicted octanol–water partition coefficient (Wildman–Crippen LogP) is 3.05. The zero-order valence-corrected chi connectivity index (χ0v) is 14.8. The summed E-state index contributed by atoms with van der Waals surface area (Å²) < 4.78 is 5.04. The molecule has 5 nitrogen and oxygen atoms in total. The monoisotopic (exact) mass is 353 g/mol. The molecule has 0 saturated carbocycles. The van der Waals surface area contributed by atoms with E-state index in [-0.39, 0.29) is 6.04 Å². The number of nitrogens with one attached hydrogen (secondary N) is 1. The summed E-state index contributed by atoms with van der Waals surface area (Å²) in [6, 6.07) is 2.30. The smallest absolute Gasteiger partial charge is 0.0930 e. The molecule has 0 aliphatic heterocycles. The van der Waals surface area contributed by atoms with E-state index < -0.39 is 0 Å². The van der Waals surface area contributed by atoms with Crippen molar-refractivity contribution in [1.82, 2.24) is 24.9 Å². The molecule has 1 atom stereocenters. The van der Waals surface area contributed by atoms with Gasteiger partial charge in [0.2, 0.25) is 0 Å². The maximum Gasteiger partial charge on any atom is 0.0930 e. The molecule has 2 heterocycles. The van der Waals surface area contributed by atoms with Crippen LogP contribution in [0.25, 0.3) is 0 Å². The van der Waals surface area contributed by atoms with Gasteiger partial charge in [-0.1, -0.05) is 13.8 Å². The Labute approximate surface area is 134 Å². The van der Waals surface area contributed by atoms with Gasteiger partial charge < -0.3 is 5.32 Å². The molecule has 0 saturated heterocycles. The zero-order chi connectivity index (χ0) is 15.4. The van der Waals surface area contributed by atoms with E-state index in [1.54, 1.807) is 0 Å². The van der Waals surface area contributed by atoms with E-state index in [1.807, 2.05) is 17.9 Å². The second-order valence-electron chi connectivity index (χ2n) is 5.12. The van der Waals surface area contributed by atoms with Crippen molar-refractivity contribution in [3.05, 3.63) is 33.8 Å². The molecule has 0 radical (unpaired) electrons. The van der Waals surface area contributed by atoms with Crippen LogP contribution in [0.4, 0.5) is 0 Å². The minimum atomic E-state index is 0.0968. The normalized spacial score (nSPS) is 12.8. The van der Waals surface area contributed by atoms with Crippen LogP contribution in [0.2, 0.25) is 0 Å². The highest BCUT2D eigenvalue weighted by Crippen LogP contribution is 2.28. The van der Waals surface area contributed by atoms with Crippen LogP contribution in [0.1, 0.15) is 50.3 Å². The number of hydrogen-bond donors (Lipinski definition) is 1. The van der Waals surface area contributed by atoms with Gasteiger partial charge in [-0.15, -0.1) is 0 Å². The topological polar surface area (TPSA) is 47.7 Å². The van der Waals surface area contributed by atoms with Crippen LogP contribution >= 0.6 is 15.9 Å². The van der Waals surface area contributed by atoms with E-state index in [1.165, 1.54) is 5.69 Å². The first-order chi connectivity index (χ1) is 10.1. The van der Waals surface area contributed by atoms with E-state index in [0.717, 1.165) is 41.8 Å². The summed E-state index contributed by atoms with van der Waals surface area (Å²) >= 11 is 3.62. The van der Waals surface area contributed by atoms with Gasteiger partial charge in [-0.2, -0.15) is 10.2 Å². The number of aryl methyl sites for hydroxylation is 3. The molecule has 0 spiro atoms. The maximum absolute atomic E-state index is 4.68. The highest BCUT2D eigenvalue weighted by Gasteiger charge is 2.24. The van der Waals surface area contributed by atoms with Crippen LogP contribution in [0.3, 0.4) is 0 Å². The molecule has 1 unspecified atom stereocenters. The Morgan fingerprint density at radius 1 is 1.33 bits per heavy atom. The first kappa shape index (κ1) is 16.2. The summed E-state index contributed by atoms with van der Waals surface area (Å²) in [7, 11) is 1.98. The fraction of sp³-hybridized carbons (Fsp3) is 0.600. The summed E-state index contributed by atoms with van der Waals surface area (Å²) in [4.78, 5) is 0. The molecule has 0 fully saturated rings. The molecule has 0 amide bonds. The van der Waals surface area contributed by atoms with E-state index in [9.17, 15) is 0 Å². The average Bonchev–Trinajstić information content (AvgIpc) is 3.05. The van der Waals surface area contributed by atoms with Crippen molar-refractivity contribution in [1.29, 1.82) is 0 Å². The molecule has 1 N–H and O–H groups in total. The molecule has 0 bridgehead atoms. The Balaban J connectivity index is 2.47. The van der Waals surface area contributed by atoms with Crippen molar-refractivity contribution >= 4 is 15.9 Å². The second kappa shape index (κ2) is 7.22. The lowest BCUT2D eigenvalue weighted by molar-refractivity contribution is 0.501. The summed E-state index contributed by atoms with van der Waals surface area (Å²) in [5, 5.41) is 12.7. The number of aromatic nitrogens is 4. The zero-order valence-electron chi connectivity index (χ0n) is 13.2. The molecular weight excluding hydrogens is 330 g/mol. The molecular formula is C15H24BrN5. The van der Waals surface area contributed by atoms with Gasteiger partial charge in [-0.05, 0) is 48.3 Å². The van der Waals surface area contributed by atoms with Crippen LogP contribution in [-0.4, -0.2) is 26.1 Å². The molecule has 0 aliphatic rings. The number of rotatable bonds is 7. The van der Waals surface area contributed by atoms with Gasteiger partial charge >= 0.3 is 0 Å². The Morgan fingerprint density at radius 3 is 2.62 bits per heavy atom. The van der Waals surface area contributed by atoms with Gasteiger partial charge in [0.15, 0.2) is 0 Å². The van der Waals surface area contributed by atoms with Crippen molar-refractivity contribution in [2.75, 3.05) is 6.54 Å². The third-order valence-corrected chi connectivity index (χ3v) is 4.24. The van der Waals surface area contributed by atoms with Gasteiger partial charge in [0.25, 0.3) is 0 Å². The average molecular weight is 354 g/mol. The predicted molar refractivity (Wildman–Crippen MR) is 88.3 cm³/mol. The van der Waals surface area contributed by atoms with Crippen LogP contribution in [0.5, 0.6) is 0 Å². The van der Waals surface area contributed by atoms with Crippen molar-refractivity contribution in [3.63, 3.8) is 0 Å². The summed E-state index contributed by atoms with van der Waals surface area (Å²) in [5.41, 5.74) is 3.47. The number of nitrogens with zero attached hydrogens (tertiary/aromatic N) is 4. The molecule has 2 rings (SSSR count). The van der Waals surface area contributed by atoms with E-state index in [4.69, 9.17) is 0 Å². The van der Waals surface area contributed by atoms with Gasteiger partial charge in [0.05, 0.1) is 33.8 Å². The molecule has 0 aliphatic carbocycles. The Bertz CT molecular complexity index is 567. The summed E-state index contributed by atoms with van der Waals surface area (Å²) in [6.07, 6.45) is 3.89. The van der Waals surface area contributed by atoms with Crippen molar-refractivity contribution in [2.45, 2.75) is 46.2 Å². The second-order valence-corrected chi connectivity index (χ2v) is 5.97. The van der Waals surface area contributed by atoms with Gasteiger partial charge in [0.1, 0.15) is 0 Å². The SMILES string of the molecule is CCCNC(c1c(Br)cnn1C)c1cc(CC)nn1CC. The quantitative estimate of drug-likeness (QED) is 0.831. The lowest BCUT2D eigenvalue weighted by Gasteiger charge is -2.20. The Morgan fingerprint density at radius 2 is 2.10 bits per heavy atom. The minimum absolute atomic E-state index is 0.0968. The number of halogens is 1. The van der Waals surface area contributed by atoms with E-state index >= 15 is 0 Å². The summed E-state index contributed by atoms with van der Waals surface area (Å²) in [5.74, 6) is 0. The molecule has 21 heavy (non-hydrogen) atoms.